The Morgan fingerprint density at radius 1 is 0.729 bits per heavy atom. The van der Waals surface area contributed by atoms with Crippen LogP contribution in [0.3, 0.4) is 0 Å². The average molecular weight is 875 g/mol. The Hall–Kier alpha value is -3.60. The summed E-state index contributed by atoms with van der Waals surface area (Å²) >= 11 is 0. The molecule has 0 unspecified atom stereocenters. The fourth-order valence-corrected chi connectivity index (χ4v) is 5.77. The van der Waals surface area contributed by atoms with Crippen molar-refractivity contribution in [2.75, 3.05) is 0 Å². The maximum Gasteiger partial charge on any atom is 0.152 e. The molecule has 0 saturated heterocycles. The van der Waals surface area contributed by atoms with Crippen LogP contribution in [-0.2, 0) is 0 Å². The second kappa shape index (κ2) is 16.7. The van der Waals surface area contributed by atoms with Crippen molar-refractivity contribution in [1.29, 1.82) is 0 Å². The van der Waals surface area contributed by atoms with E-state index < -0.39 is 0 Å². The molecular formula is C45H65B2Cm-. The molecule has 3 heteroatoms. The molecule has 260 valence electrons. The number of hydrogen-bond donors (Lipinski definition) is 0. The summed E-state index contributed by atoms with van der Waals surface area (Å²) in [7, 11) is 4.88. The third-order valence-electron chi connectivity index (χ3n) is 11.7. The van der Waals surface area contributed by atoms with Crippen molar-refractivity contribution in [3.8, 4) is 0 Å². The van der Waals surface area contributed by atoms with Gasteiger partial charge in [0.25, 0.3) is 0 Å². The molecule has 0 aliphatic heterocycles. The molecule has 0 atom stereocenters. The minimum absolute atomic E-state index is 0. The van der Waals surface area contributed by atoms with Gasteiger partial charge in [-0.05, 0) is 57.1 Å². The van der Waals surface area contributed by atoms with Crippen molar-refractivity contribution in [3.63, 3.8) is 0 Å². The predicted molar refractivity (Wildman–Crippen MR) is 215 cm³/mol. The van der Waals surface area contributed by atoms with Crippen LogP contribution in [0.25, 0.3) is 11.6 Å². The standard InChI is InChI=1S/C43H59B2.C2H6.Cm/c1-12-13-35(26-31-14-22-38(23-15-31)44-29-42(8,9)40(2,3)4)37-27-36(28-37)34-18-16-32(17-19-34)33-20-24-39(25-21-33)45-30-43(10,11)41(5,6)7;1-2;/h12-20,22-24,26,36H,21,25,27-30H2,1-11H3;1-2H3;/q-1;;/b13-12-,35-26+;;. The Kier molecular flexibility index (Phi) is 14.1. The molecule has 1 saturated carbocycles. The van der Waals surface area contributed by atoms with Crippen molar-refractivity contribution < 1.29 is 0 Å². The summed E-state index contributed by atoms with van der Waals surface area (Å²) < 4.78 is 0. The van der Waals surface area contributed by atoms with E-state index in [9.17, 15) is 0 Å². The van der Waals surface area contributed by atoms with Gasteiger partial charge in [-0.15, -0.1) is 11.5 Å². The van der Waals surface area contributed by atoms with Gasteiger partial charge in [0.15, 0.2) is 7.28 Å². The molecule has 0 nitrogen and oxygen atoms in total. The van der Waals surface area contributed by atoms with Crippen LogP contribution in [-0.4, -0.2) is 14.6 Å². The molecule has 0 N–H and O–H groups in total. The zero-order valence-electron chi connectivity index (χ0n) is 32.8. The summed E-state index contributed by atoms with van der Waals surface area (Å²) in [5, 5.41) is 0. The van der Waals surface area contributed by atoms with Crippen LogP contribution in [0.2, 0.25) is 12.6 Å². The Bertz CT molecular complexity index is 1400. The Morgan fingerprint density at radius 2 is 1.27 bits per heavy atom. The van der Waals surface area contributed by atoms with Crippen LogP contribution in [0.5, 0.6) is 0 Å². The maximum absolute atomic E-state index is 2.48. The topological polar surface area (TPSA) is 0 Å². The Morgan fingerprint density at radius 3 is 1.75 bits per heavy atom. The normalized spacial score (nSPS) is 16.3. The van der Waals surface area contributed by atoms with Crippen LogP contribution in [0, 0.1) is 27.6 Å². The van der Waals surface area contributed by atoms with Crippen molar-refractivity contribution in [3.05, 3.63) is 106 Å². The van der Waals surface area contributed by atoms with E-state index in [2.05, 4.69) is 170 Å². The molecule has 2 aliphatic rings. The first-order valence-corrected chi connectivity index (χ1v) is 18.5. The van der Waals surface area contributed by atoms with E-state index in [4.69, 9.17) is 0 Å². The summed E-state index contributed by atoms with van der Waals surface area (Å²) in [6.45, 7) is 29.7. The van der Waals surface area contributed by atoms with E-state index in [1.165, 1.54) is 38.8 Å². The largest absolute Gasteiger partial charge is 0.188 e. The van der Waals surface area contributed by atoms with Crippen molar-refractivity contribution in [2.45, 2.75) is 134 Å². The van der Waals surface area contributed by atoms with Crippen LogP contribution >= 0.6 is 0 Å². The first-order chi connectivity index (χ1) is 22.0. The Labute approximate surface area is 293 Å². The van der Waals surface area contributed by atoms with Gasteiger partial charge in [0.05, 0.1) is 0 Å². The molecule has 2 radical (unpaired) electrons. The molecule has 2 aromatic rings. The van der Waals surface area contributed by atoms with Crippen LogP contribution < -0.4 is 5.46 Å². The monoisotopic (exact) mass is 871 g/mol. The third-order valence-corrected chi connectivity index (χ3v) is 11.7. The average Bonchev–Trinajstić information content (AvgIpc) is 3.00. The molecule has 2 aromatic carbocycles. The molecule has 4 rings (SSSR count). The molecule has 0 aromatic heterocycles. The summed E-state index contributed by atoms with van der Waals surface area (Å²) in [5.41, 5.74) is 10.9. The van der Waals surface area contributed by atoms with Crippen LogP contribution in [0.15, 0.2) is 83.9 Å². The molecule has 2 aliphatic carbocycles. The first-order valence-electron chi connectivity index (χ1n) is 18.5. The number of allylic oxidation sites excluding steroid dienone is 7. The quantitative estimate of drug-likeness (QED) is 0.120. The van der Waals surface area contributed by atoms with Crippen LogP contribution in [0.4, 0.5) is 0 Å². The molecule has 0 spiro atoms. The van der Waals surface area contributed by atoms with Crippen molar-refractivity contribution in [1.82, 2.24) is 0 Å². The fraction of sp³-hybridized carbons (Fsp3) is 0.533. The predicted octanol–water partition coefficient (Wildman–Crippen LogP) is 12.9. The van der Waals surface area contributed by atoms with Gasteiger partial charge in [-0.3, -0.25) is 0 Å². The van der Waals surface area contributed by atoms with Gasteiger partial charge in [-0.25, -0.2) is 0 Å². The zero-order chi connectivity index (χ0) is 35.0. The molecule has 1 fully saturated rings. The number of hydrogen-bond acceptors (Lipinski definition) is 0. The first kappa shape index (κ1) is 40.6. The third kappa shape index (κ3) is 10.4. The van der Waals surface area contributed by atoms with Gasteiger partial charge < -0.3 is 0 Å². The summed E-state index contributed by atoms with van der Waals surface area (Å²) in [4.78, 5) is 0. The van der Waals surface area contributed by atoms with Crippen molar-refractivity contribution in [2.24, 2.45) is 21.7 Å². The van der Waals surface area contributed by atoms with E-state index >= 15 is 0 Å². The molecule has 0 amide bonds. The van der Waals surface area contributed by atoms with E-state index in [0.29, 0.717) is 16.7 Å². The minimum atomic E-state index is 0. The van der Waals surface area contributed by atoms with Gasteiger partial charge in [-0.2, -0.15) is 23.6 Å². The molecule has 0 bridgehead atoms. The van der Waals surface area contributed by atoms with E-state index in [0.717, 1.165) is 38.3 Å². The minimum Gasteiger partial charge on any atom is -0.188 e. The summed E-state index contributed by atoms with van der Waals surface area (Å²) in [5.74, 6) is 2.20. The second-order valence-corrected chi connectivity index (χ2v) is 17.1. The number of rotatable bonds is 11. The second-order valence-electron chi connectivity index (χ2n) is 17.1. The molecule has 0 heterocycles. The summed E-state index contributed by atoms with van der Waals surface area (Å²) in [6, 6.07) is 18.6. The Balaban J connectivity index is 0.00000262. The van der Waals surface area contributed by atoms with Gasteiger partial charge in [-0.1, -0.05) is 187 Å². The van der Waals surface area contributed by atoms with E-state index in [1.807, 2.05) is 13.8 Å². The molecular weight excluding hydrogens is 809 g/mol. The van der Waals surface area contributed by atoms with Crippen molar-refractivity contribution >= 4 is 31.7 Å². The van der Waals surface area contributed by atoms with Crippen LogP contribution in [0.1, 0.15) is 138 Å². The van der Waals surface area contributed by atoms with Gasteiger partial charge in [0, 0.05) is 0 Å². The van der Waals surface area contributed by atoms with E-state index in [-0.39, 0.29) is 10.8 Å². The van der Waals surface area contributed by atoms with Gasteiger partial charge in [0.2, 0.25) is 0 Å². The molecule has 48 heavy (non-hydrogen) atoms. The summed E-state index contributed by atoms with van der Waals surface area (Å²) in [6.07, 6.45) is 18.3. The van der Waals surface area contributed by atoms with Gasteiger partial charge in [0.1, 0.15) is 7.28 Å². The number of benzene rings is 2. The fourth-order valence-electron chi connectivity index (χ4n) is 5.77. The zero-order valence-corrected chi connectivity index (χ0v) is 35.8. The maximum atomic E-state index is 2.48. The van der Waals surface area contributed by atoms with Gasteiger partial charge >= 0.3 is 0 Å². The SMILES string of the molecule is C/C=C\C(=C/c1ccc([B]CC(C)(C)C(C)(C)C)cc1)[C-]1CC(c2ccc(C3=CC=C([B]CC(C)(C)C(C)(C)C)CC3)cc2)C1.CC.[Cm]. The van der Waals surface area contributed by atoms with E-state index in [1.54, 1.807) is 5.92 Å². The smallest absolute Gasteiger partial charge is 0.152 e.